The molecule has 1 aliphatic carbocycles. The summed E-state index contributed by atoms with van der Waals surface area (Å²) in [5.41, 5.74) is 7.68. The standard InChI is InChI=1S/C16H25N/c1-13-10-11-16(17)15(12-13)9-5-8-14-6-3-2-4-7-14/h2-4,6-7,13,15-16H,5,8-12,17H2,1H3. The van der Waals surface area contributed by atoms with Crippen molar-refractivity contribution in [2.45, 2.75) is 51.5 Å². The fourth-order valence-corrected chi connectivity index (χ4v) is 3.07. The molecule has 1 aromatic carbocycles. The summed E-state index contributed by atoms with van der Waals surface area (Å²) in [6, 6.07) is 11.3. The minimum atomic E-state index is 0.460. The molecule has 0 amide bonds. The molecule has 3 atom stereocenters. The van der Waals surface area contributed by atoms with Gasteiger partial charge in [0.25, 0.3) is 0 Å². The van der Waals surface area contributed by atoms with E-state index in [-0.39, 0.29) is 0 Å². The first kappa shape index (κ1) is 12.6. The van der Waals surface area contributed by atoms with E-state index < -0.39 is 0 Å². The highest BCUT2D eigenvalue weighted by Gasteiger charge is 2.25. The van der Waals surface area contributed by atoms with E-state index in [0.29, 0.717) is 6.04 Å². The van der Waals surface area contributed by atoms with E-state index in [4.69, 9.17) is 5.73 Å². The Morgan fingerprint density at radius 3 is 2.71 bits per heavy atom. The third-order valence-electron chi connectivity index (χ3n) is 4.19. The van der Waals surface area contributed by atoms with E-state index in [2.05, 4.69) is 37.3 Å². The van der Waals surface area contributed by atoms with Crippen LogP contribution in [0.4, 0.5) is 0 Å². The summed E-state index contributed by atoms with van der Waals surface area (Å²) in [6.45, 7) is 2.37. The number of aryl methyl sites for hydroxylation is 1. The molecule has 1 fully saturated rings. The van der Waals surface area contributed by atoms with Gasteiger partial charge in [-0.25, -0.2) is 0 Å². The zero-order valence-electron chi connectivity index (χ0n) is 10.9. The highest BCUT2D eigenvalue weighted by Crippen LogP contribution is 2.31. The van der Waals surface area contributed by atoms with Crippen LogP contribution in [0.25, 0.3) is 0 Å². The number of rotatable bonds is 4. The van der Waals surface area contributed by atoms with Crippen LogP contribution in [0.5, 0.6) is 0 Å². The van der Waals surface area contributed by atoms with Crippen LogP contribution in [0.1, 0.15) is 44.6 Å². The normalized spacial score (nSPS) is 29.2. The fourth-order valence-electron chi connectivity index (χ4n) is 3.07. The quantitative estimate of drug-likeness (QED) is 0.838. The zero-order chi connectivity index (χ0) is 12.1. The predicted octanol–water partition coefficient (Wildman–Crippen LogP) is 3.77. The van der Waals surface area contributed by atoms with Crippen molar-refractivity contribution >= 4 is 0 Å². The molecule has 1 heteroatoms. The molecule has 0 heterocycles. The van der Waals surface area contributed by atoms with Gasteiger partial charge in [-0.05, 0) is 55.9 Å². The van der Waals surface area contributed by atoms with Crippen LogP contribution < -0.4 is 5.73 Å². The van der Waals surface area contributed by atoms with Crippen molar-refractivity contribution in [1.29, 1.82) is 0 Å². The number of benzene rings is 1. The number of hydrogen-bond acceptors (Lipinski definition) is 1. The third-order valence-corrected chi connectivity index (χ3v) is 4.19. The lowest BCUT2D eigenvalue weighted by atomic mass is 9.77. The molecule has 0 aromatic heterocycles. The van der Waals surface area contributed by atoms with Gasteiger partial charge in [0.05, 0.1) is 0 Å². The van der Waals surface area contributed by atoms with Crippen LogP contribution in [0, 0.1) is 11.8 Å². The summed E-state index contributed by atoms with van der Waals surface area (Å²) >= 11 is 0. The molecule has 1 aromatic rings. The monoisotopic (exact) mass is 231 g/mol. The summed E-state index contributed by atoms with van der Waals surface area (Å²) in [5.74, 6) is 1.65. The molecule has 0 spiro atoms. The Kier molecular flexibility index (Phi) is 4.61. The van der Waals surface area contributed by atoms with Crippen molar-refractivity contribution in [1.82, 2.24) is 0 Å². The van der Waals surface area contributed by atoms with Gasteiger partial charge in [0.2, 0.25) is 0 Å². The summed E-state index contributed by atoms with van der Waals surface area (Å²) in [5, 5.41) is 0. The second-order valence-electron chi connectivity index (χ2n) is 5.72. The van der Waals surface area contributed by atoms with E-state index in [0.717, 1.165) is 11.8 Å². The van der Waals surface area contributed by atoms with Crippen molar-refractivity contribution in [2.75, 3.05) is 0 Å². The summed E-state index contributed by atoms with van der Waals surface area (Å²) in [6.07, 6.45) is 7.71. The number of nitrogens with two attached hydrogens (primary N) is 1. The minimum Gasteiger partial charge on any atom is -0.327 e. The summed E-state index contributed by atoms with van der Waals surface area (Å²) < 4.78 is 0. The Balaban J connectivity index is 1.74. The topological polar surface area (TPSA) is 26.0 Å². The molecule has 0 radical (unpaired) electrons. The van der Waals surface area contributed by atoms with Gasteiger partial charge in [0, 0.05) is 6.04 Å². The molecule has 17 heavy (non-hydrogen) atoms. The number of hydrogen-bond donors (Lipinski definition) is 1. The molecule has 0 aliphatic heterocycles. The van der Waals surface area contributed by atoms with Gasteiger partial charge in [0.1, 0.15) is 0 Å². The van der Waals surface area contributed by atoms with Gasteiger partial charge in [-0.2, -0.15) is 0 Å². The first-order valence-corrected chi connectivity index (χ1v) is 7.05. The molecule has 0 saturated heterocycles. The molecule has 0 bridgehead atoms. The van der Waals surface area contributed by atoms with Crippen molar-refractivity contribution in [3.63, 3.8) is 0 Å². The lowest BCUT2D eigenvalue weighted by Gasteiger charge is -2.32. The zero-order valence-corrected chi connectivity index (χ0v) is 10.9. The van der Waals surface area contributed by atoms with E-state index >= 15 is 0 Å². The Labute approximate surface area is 105 Å². The van der Waals surface area contributed by atoms with Gasteiger partial charge in [0.15, 0.2) is 0 Å². The van der Waals surface area contributed by atoms with Crippen LogP contribution in [0.15, 0.2) is 30.3 Å². The molecular formula is C16H25N. The molecule has 1 saturated carbocycles. The van der Waals surface area contributed by atoms with Gasteiger partial charge in [-0.3, -0.25) is 0 Å². The molecule has 2 N–H and O–H groups in total. The maximum atomic E-state index is 6.22. The summed E-state index contributed by atoms with van der Waals surface area (Å²) in [7, 11) is 0. The Bertz CT molecular complexity index is 320. The van der Waals surface area contributed by atoms with E-state index in [1.165, 1.54) is 44.1 Å². The van der Waals surface area contributed by atoms with E-state index in [9.17, 15) is 0 Å². The van der Waals surface area contributed by atoms with Gasteiger partial charge in [-0.1, -0.05) is 37.3 Å². The molecule has 94 valence electrons. The molecule has 3 unspecified atom stereocenters. The molecular weight excluding hydrogens is 206 g/mol. The fraction of sp³-hybridized carbons (Fsp3) is 0.625. The molecule has 2 rings (SSSR count). The highest BCUT2D eigenvalue weighted by atomic mass is 14.7. The lowest BCUT2D eigenvalue weighted by molar-refractivity contribution is 0.231. The van der Waals surface area contributed by atoms with Crippen molar-refractivity contribution in [2.24, 2.45) is 17.6 Å². The highest BCUT2D eigenvalue weighted by molar-refractivity contribution is 5.14. The molecule has 1 nitrogen and oxygen atoms in total. The predicted molar refractivity (Wildman–Crippen MR) is 73.9 cm³/mol. The van der Waals surface area contributed by atoms with Crippen LogP contribution in [-0.2, 0) is 6.42 Å². The van der Waals surface area contributed by atoms with Crippen molar-refractivity contribution in [3.05, 3.63) is 35.9 Å². The second-order valence-corrected chi connectivity index (χ2v) is 5.72. The largest absolute Gasteiger partial charge is 0.327 e. The smallest absolute Gasteiger partial charge is 0.00673 e. The second kappa shape index (κ2) is 6.20. The Morgan fingerprint density at radius 2 is 1.94 bits per heavy atom. The third kappa shape index (κ3) is 3.85. The van der Waals surface area contributed by atoms with E-state index in [1.54, 1.807) is 0 Å². The van der Waals surface area contributed by atoms with E-state index in [1.807, 2.05) is 0 Å². The summed E-state index contributed by atoms with van der Waals surface area (Å²) in [4.78, 5) is 0. The SMILES string of the molecule is CC1CCC(N)C(CCCc2ccccc2)C1. The maximum Gasteiger partial charge on any atom is 0.00673 e. The average Bonchev–Trinajstić information content (AvgIpc) is 2.35. The van der Waals surface area contributed by atoms with Crippen LogP contribution in [0.2, 0.25) is 0 Å². The molecule has 1 aliphatic rings. The van der Waals surface area contributed by atoms with Gasteiger partial charge in [-0.15, -0.1) is 0 Å². The van der Waals surface area contributed by atoms with Crippen molar-refractivity contribution in [3.8, 4) is 0 Å². The Hall–Kier alpha value is -0.820. The first-order chi connectivity index (χ1) is 8.25. The Morgan fingerprint density at radius 1 is 1.18 bits per heavy atom. The minimum absolute atomic E-state index is 0.460. The average molecular weight is 231 g/mol. The lowest BCUT2D eigenvalue weighted by Crippen LogP contribution is -2.35. The maximum absolute atomic E-state index is 6.22. The van der Waals surface area contributed by atoms with Crippen LogP contribution in [0.3, 0.4) is 0 Å². The van der Waals surface area contributed by atoms with Gasteiger partial charge >= 0.3 is 0 Å². The first-order valence-electron chi connectivity index (χ1n) is 7.05. The van der Waals surface area contributed by atoms with Crippen LogP contribution >= 0.6 is 0 Å². The van der Waals surface area contributed by atoms with Crippen molar-refractivity contribution < 1.29 is 0 Å². The van der Waals surface area contributed by atoms with Gasteiger partial charge < -0.3 is 5.73 Å². The van der Waals surface area contributed by atoms with Crippen LogP contribution in [-0.4, -0.2) is 6.04 Å².